The largest absolute Gasteiger partial charge is 0.379 e. The van der Waals surface area contributed by atoms with Crippen molar-refractivity contribution in [2.45, 2.75) is 63.5 Å². The molecule has 2 saturated heterocycles. The quantitative estimate of drug-likeness (QED) is 0.852. The van der Waals surface area contributed by atoms with Crippen molar-refractivity contribution in [2.24, 2.45) is 0 Å². The van der Waals surface area contributed by atoms with Crippen molar-refractivity contribution in [3.05, 3.63) is 35.4 Å². The Morgan fingerprint density at radius 1 is 1.07 bits per heavy atom. The van der Waals surface area contributed by atoms with Crippen molar-refractivity contribution in [2.75, 3.05) is 26.2 Å². The van der Waals surface area contributed by atoms with Gasteiger partial charge in [-0.15, -0.1) is 0 Å². The molecule has 1 aromatic carbocycles. The molecular weight excluding hydrogens is 350 g/mol. The first kappa shape index (κ1) is 20.2. The number of nitrogens with zero attached hydrogens (tertiary/aromatic N) is 2. The number of carbonyl (C=O) groups is 1. The van der Waals surface area contributed by atoms with Gasteiger partial charge in [-0.3, -0.25) is 9.69 Å². The Hall–Kier alpha value is -1.53. The first-order valence-corrected chi connectivity index (χ1v) is 9.89. The Labute approximate surface area is 160 Å². The zero-order chi connectivity index (χ0) is 19.7. The number of alkyl halides is 2. The van der Waals surface area contributed by atoms with Crippen LogP contribution in [0.3, 0.4) is 0 Å². The Bertz CT molecular complexity index is 653. The molecule has 1 N–H and O–H groups in total. The summed E-state index contributed by atoms with van der Waals surface area (Å²) in [7, 11) is 0. The summed E-state index contributed by atoms with van der Waals surface area (Å²) in [6.07, 6.45) is 0.699. The van der Waals surface area contributed by atoms with Crippen molar-refractivity contribution in [3.8, 4) is 0 Å². The van der Waals surface area contributed by atoms with Gasteiger partial charge in [0.15, 0.2) is 5.60 Å². The Balaban J connectivity index is 1.62. The van der Waals surface area contributed by atoms with Crippen LogP contribution in [0.15, 0.2) is 24.3 Å². The molecule has 0 saturated carbocycles. The van der Waals surface area contributed by atoms with Gasteiger partial charge in [-0.1, -0.05) is 38.1 Å². The molecule has 1 amide bonds. The SMILES string of the molecule is CC(C)c1ccc(CN2CCC[C@](O)(CN3CCC(F)(F)CC3)C2=O)cc1. The van der Waals surface area contributed by atoms with E-state index in [-0.39, 0.29) is 38.4 Å². The predicted octanol–water partition coefficient (Wildman–Crippen LogP) is 3.39. The van der Waals surface area contributed by atoms with Crippen molar-refractivity contribution < 1.29 is 18.7 Å². The average molecular weight is 380 g/mol. The number of β-amino-alcohol motifs (C(OH)–C–C–N with tert-alkyl or cyclic N) is 1. The summed E-state index contributed by atoms with van der Waals surface area (Å²) in [5.74, 6) is -2.44. The number of amides is 1. The lowest BCUT2D eigenvalue weighted by Crippen LogP contribution is -2.59. The molecular formula is C21H30F2N2O2. The van der Waals surface area contributed by atoms with E-state index in [0.717, 1.165) is 12.0 Å². The van der Waals surface area contributed by atoms with E-state index < -0.39 is 11.5 Å². The fourth-order valence-corrected chi connectivity index (χ4v) is 4.00. The summed E-state index contributed by atoms with van der Waals surface area (Å²) in [5, 5.41) is 11.0. The third kappa shape index (κ3) is 4.85. The van der Waals surface area contributed by atoms with Crippen LogP contribution >= 0.6 is 0 Å². The Kier molecular flexibility index (Phi) is 5.87. The molecule has 3 rings (SSSR count). The fraction of sp³-hybridized carbons (Fsp3) is 0.667. The maximum atomic E-state index is 13.3. The van der Waals surface area contributed by atoms with E-state index in [4.69, 9.17) is 0 Å². The third-order valence-corrected chi connectivity index (χ3v) is 5.80. The number of aliphatic hydroxyl groups is 1. The maximum Gasteiger partial charge on any atom is 0.256 e. The van der Waals surface area contributed by atoms with E-state index in [9.17, 15) is 18.7 Å². The fourth-order valence-electron chi connectivity index (χ4n) is 4.00. The van der Waals surface area contributed by atoms with Crippen molar-refractivity contribution in [1.82, 2.24) is 9.80 Å². The third-order valence-electron chi connectivity index (χ3n) is 5.80. The van der Waals surface area contributed by atoms with Crippen LogP contribution in [0.1, 0.15) is 56.6 Å². The smallest absolute Gasteiger partial charge is 0.256 e. The second-order valence-corrected chi connectivity index (χ2v) is 8.39. The van der Waals surface area contributed by atoms with Crippen LogP contribution in [0, 0.1) is 0 Å². The molecule has 27 heavy (non-hydrogen) atoms. The molecule has 150 valence electrons. The zero-order valence-corrected chi connectivity index (χ0v) is 16.3. The number of carbonyl (C=O) groups excluding carboxylic acids is 1. The minimum atomic E-state index is -2.62. The van der Waals surface area contributed by atoms with Crippen molar-refractivity contribution in [3.63, 3.8) is 0 Å². The number of hydrogen-bond donors (Lipinski definition) is 1. The minimum Gasteiger partial charge on any atom is -0.379 e. The summed E-state index contributed by atoms with van der Waals surface area (Å²) >= 11 is 0. The standard InChI is InChI=1S/C21H30F2N2O2/c1-16(2)18-6-4-17(5-7-18)14-25-11-3-8-20(27,19(25)26)15-24-12-9-21(22,23)10-13-24/h4-7,16,27H,3,8-15H2,1-2H3/t20-/m0/s1. The van der Waals surface area contributed by atoms with Gasteiger partial charge in [-0.05, 0) is 29.9 Å². The van der Waals surface area contributed by atoms with E-state index in [1.54, 1.807) is 9.80 Å². The summed E-state index contributed by atoms with van der Waals surface area (Å²) in [5.41, 5.74) is 0.819. The second-order valence-electron chi connectivity index (χ2n) is 8.39. The second kappa shape index (κ2) is 7.84. The molecule has 2 aliphatic rings. The van der Waals surface area contributed by atoms with Crippen LogP contribution in [-0.4, -0.2) is 58.5 Å². The first-order valence-electron chi connectivity index (χ1n) is 9.89. The number of likely N-dealkylation sites (tertiary alicyclic amines) is 2. The summed E-state index contributed by atoms with van der Waals surface area (Å²) in [6, 6.07) is 8.22. The molecule has 4 nitrogen and oxygen atoms in total. The number of piperidine rings is 2. The van der Waals surface area contributed by atoms with E-state index in [1.165, 1.54) is 5.56 Å². The molecule has 2 aliphatic heterocycles. The maximum absolute atomic E-state index is 13.3. The van der Waals surface area contributed by atoms with E-state index in [2.05, 4.69) is 26.0 Å². The lowest BCUT2D eigenvalue weighted by Gasteiger charge is -2.42. The average Bonchev–Trinajstić information content (AvgIpc) is 2.61. The van der Waals surface area contributed by atoms with E-state index >= 15 is 0 Å². The zero-order valence-electron chi connectivity index (χ0n) is 16.3. The van der Waals surface area contributed by atoms with Crippen molar-refractivity contribution >= 4 is 5.91 Å². The molecule has 0 bridgehead atoms. The molecule has 6 heteroatoms. The highest BCUT2D eigenvalue weighted by Crippen LogP contribution is 2.31. The van der Waals surface area contributed by atoms with Gasteiger partial charge in [0.05, 0.1) is 0 Å². The van der Waals surface area contributed by atoms with Crippen molar-refractivity contribution in [1.29, 1.82) is 0 Å². The summed E-state index contributed by atoms with van der Waals surface area (Å²) in [6.45, 7) is 5.95. The summed E-state index contributed by atoms with van der Waals surface area (Å²) < 4.78 is 26.7. The van der Waals surface area contributed by atoms with Crippen LogP contribution in [0.4, 0.5) is 8.78 Å². The molecule has 0 aromatic heterocycles. The predicted molar refractivity (Wildman–Crippen MR) is 101 cm³/mol. The van der Waals surface area contributed by atoms with Gasteiger partial charge >= 0.3 is 0 Å². The van der Waals surface area contributed by atoms with Gasteiger partial charge < -0.3 is 10.0 Å². The van der Waals surface area contributed by atoms with Gasteiger partial charge in [0, 0.05) is 45.6 Å². The number of benzene rings is 1. The van der Waals surface area contributed by atoms with Gasteiger partial charge in [-0.25, -0.2) is 8.78 Å². The molecule has 0 spiro atoms. The van der Waals surface area contributed by atoms with Gasteiger partial charge in [0.1, 0.15) is 0 Å². The monoisotopic (exact) mass is 380 g/mol. The van der Waals surface area contributed by atoms with E-state index in [0.29, 0.717) is 25.4 Å². The lowest BCUT2D eigenvalue weighted by molar-refractivity contribution is -0.162. The number of hydrogen-bond acceptors (Lipinski definition) is 3. The molecule has 2 heterocycles. The summed E-state index contributed by atoms with van der Waals surface area (Å²) in [4.78, 5) is 16.4. The Morgan fingerprint density at radius 3 is 2.30 bits per heavy atom. The molecule has 1 atom stereocenters. The van der Waals surface area contributed by atoms with Crippen LogP contribution in [-0.2, 0) is 11.3 Å². The van der Waals surface area contributed by atoms with Crippen LogP contribution < -0.4 is 0 Å². The van der Waals surface area contributed by atoms with E-state index in [1.807, 2.05) is 12.1 Å². The highest BCUT2D eigenvalue weighted by atomic mass is 19.3. The minimum absolute atomic E-state index is 0.144. The van der Waals surface area contributed by atoms with Gasteiger partial charge in [0.2, 0.25) is 0 Å². The molecule has 0 aliphatic carbocycles. The molecule has 2 fully saturated rings. The molecule has 0 radical (unpaired) electrons. The first-order chi connectivity index (χ1) is 12.7. The van der Waals surface area contributed by atoms with Crippen LogP contribution in [0.2, 0.25) is 0 Å². The van der Waals surface area contributed by atoms with Crippen LogP contribution in [0.5, 0.6) is 0 Å². The van der Waals surface area contributed by atoms with Gasteiger partial charge in [-0.2, -0.15) is 0 Å². The number of halogens is 2. The number of rotatable bonds is 5. The Morgan fingerprint density at radius 2 is 1.70 bits per heavy atom. The van der Waals surface area contributed by atoms with Gasteiger partial charge in [0.25, 0.3) is 11.8 Å². The molecule has 0 unspecified atom stereocenters. The highest BCUT2D eigenvalue weighted by molar-refractivity contribution is 5.86. The normalized spacial score (nSPS) is 26.6. The van der Waals surface area contributed by atoms with Crippen LogP contribution in [0.25, 0.3) is 0 Å². The molecule has 1 aromatic rings. The lowest BCUT2D eigenvalue weighted by atomic mass is 9.90. The topological polar surface area (TPSA) is 43.8 Å². The highest BCUT2D eigenvalue weighted by Gasteiger charge is 2.45.